The number of nitrogens with one attached hydrogen (secondary N) is 1. The first kappa shape index (κ1) is 20.1. The van der Waals surface area contributed by atoms with E-state index in [9.17, 15) is 18.0 Å². The van der Waals surface area contributed by atoms with Crippen LogP contribution in [0.15, 0.2) is 48.5 Å². The maximum absolute atomic E-state index is 12.2. The smallest absolute Gasteiger partial charge is 0.338 e. The molecule has 0 saturated carbocycles. The van der Waals surface area contributed by atoms with Crippen molar-refractivity contribution in [2.45, 2.75) is 31.1 Å². The highest BCUT2D eigenvalue weighted by Gasteiger charge is 2.22. The standard InChI is InChI=1S/C21H23NO5S/c1-28(25,26)14-15-6-4-9-17(12-15)21(24)27-13-20(23)22-19-11-5-8-16-7-2-3-10-18(16)19/h2-4,6-7,9-10,12,19H,5,8,11,13-14H2,1H3,(H,22,23)/t19-/m0/s1. The second-order valence-corrected chi connectivity index (χ2v) is 9.20. The van der Waals surface area contributed by atoms with Gasteiger partial charge in [0, 0.05) is 6.26 Å². The van der Waals surface area contributed by atoms with Crippen molar-refractivity contribution in [3.63, 3.8) is 0 Å². The fourth-order valence-electron chi connectivity index (χ4n) is 3.45. The summed E-state index contributed by atoms with van der Waals surface area (Å²) in [7, 11) is -3.20. The number of aryl methyl sites for hydroxylation is 1. The lowest BCUT2D eigenvalue weighted by molar-refractivity contribution is -0.125. The molecule has 28 heavy (non-hydrogen) atoms. The first-order chi connectivity index (χ1) is 13.3. The molecular weight excluding hydrogens is 378 g/mol. The molecule has 0 unspecified atom stereocenters. The fraction of sp³-hybridized carbons (Fsp3) is 0.333. The summed E-state index contributed by atoms with van der Waals surface area (Å²) in [6.07, 6.45) is 3.98. The summed E-state index contributed by atoms with van der Waals surface area (Å²) >= 11 is 0. The summed E-state index contributed by atoms with van der Waals surface area (Å²) in [6.45, 7) is -0.381. The minimum absolute atomic E-state index is 0.0748. The number of hydrogen-bond acceptors (Lipinski definition) is 5. The van der Waals surface area contributed by atoms with Gasteiger partial charge >= 0.3 is 5.97 Å². The predicted molar refractivity (Wildman–Crippen MR) is 106 cm³/mol. The van der Waals surface area contributed by atoms with Crippen molar-refractivity contribution in [1.82, 2.24) is 5.32 Å². The maximum Gasteiger partial charge on any atom is 0.338 e. The number of ether oxygens (including phenoxy) is 1. The molecule has 1 aliphatic rings. The van der Waals surface area contributed by atoms with Crippen molar-refractivity contribution < 1.29 is 22.7 Å². The first-order valence-corrected chi connectivity index (χ1v) is 11.2. The van der Waals surface area contributed by atoms with Crippen molar-refractivity contribution in [2.75, 3.05) is 12.9 Å². The third-order valence-corrected chi connectivity index (χ3v) is 5.49. The van der Waals surface area contributed by atoms with Gasteiger partial charge in [0.05, 0.1) is 17.4 Å². The van der Waals surface area contributed by atoms with Crippen LogP contribution in [0.5, 0.6) is 0 Å². The lowest BCUT2D eigenvalue weighted by Gasteiger charge is -2.26. The van der Waals surface area contributed by atoms with E-state index >= 15 is 0 Å². The van der Waals surface area contributed by atoms with E-state index in [1.54, 1.807) is 12.1 Å². The van der Waals surface area contributed by atoms with Crippen LogP contribution in [0.1, 0.15) is 45.9 Å². The van der Waals surface area contributed by atoms with Crippen molar-refractivity contribution in [2.24, 2.45) is 0 Å². The van der Waals surface area contributed by atoms with E-state index in [-0.39, 0.29) is 29.9 Å². The van der Waals surface area contributed by atoms with Crippen LogP contribution in [0.25, 0.3) is 0 Å². The minimum Gasteiger partial charge on any atom is -0.452 e. The van der Waals surface area contributed by atoms with Crippen molar-refractivity contribution >= 4 is 21.7 Å². The second-order valence-electron chi connectivity index (χ2n) is 7.06. The van der Waals surface area contributed by atoms with Gasteiger partial charge in [-0.3, -0.25) is 4.79 Å². The zero-order chi connectivity index (χ0) is 20.1. The van der Waals surface area contributed by atoms with Gasteiger partial charge < -0.3 is 10.1 Å². The number of benzene rings is 2. The third kappa shape index (κ3) is 5.42. The van der Waals surface area contributed by atoms with Crippen LogP contribution in [0.3, 0.4) is 0 Å². The lowest BCUT2D eigenvalue weighted by atomic mass is 9.88. The molecule has 0 aliphatic heterocycles. The van der Waals surface area contributed by atoms with E-state index in [2.05, 4.69) is 11.4 Å². The number of rotatable bonds is 6. The molecule has 0 aromatic heterocycles. The zero-order valence-corrected chi connectivity index (χ0v) is 16.5. The average molecular weight is 401 g/mol. The average Bonchev–Trinajstić information content (AvgIpc) is 2.65. The Balaban J connectivity index is 1.57. The Morgan fingerprint density at radius 1 is 1.14 bits per heavy atom. The van der Waals surface area contributed by atoms with Gasteiger partial charge in [0.2, 0.25) is 0 Å². The Morgan fingerprint density at radius 2 is 1.93 bits per heavy atom. The minimum atomic E-state index is -3.20. The molecular formula is C21H23NO5S. The van der Waals surface area contributed by atoms with Crippen LogP contribution in [-0.4, -0.2) is 33.2 Å². The molecule has 2 aromatic rings. The summed E-state index contributed by atoms with van der Waals surface area (Å²) in [5.41, 5.74) is 3.07. The fourth-order valence-corrected chi connectivity index (χ4v) is 4.23. The van der Waals surface area contributed by atoms with E-state index in [4.69, 9.17) is 4.74 Å². The molecule has 1 aliphatic carbocycles. The van der Waals surface area contributed by atoms with E-state index < -0.39 is 15.8 Å². The van der Waals surface area contributed by atoms with E-state index in [0.717, 1.165) is 31.1 Å². The molecule has 1 N–H and O–H groups in total. The van der Waals surface area contributed by atoms with Gasteiger partial charge in [-0.05, 0) is 48.1 Å². The quantitative estimate of drug-likeness (QED) is 0.752. The Kier molecular flexibility index (Phi) is 6.14. The summed E-state index contributed by atoms with van der Waals surface area (Å²) in [6, 6.07) is 14.2. The lowest BCUT2D eigenvalue weighted by Crippen LogP contribution is -2.34. The third-order valence-electron chi connectivity index (χ3n) is 4.63. The molecule has 0 heterocycles. The van der Waals surface area contributed by atoms with Crippen LogP contribution in [0.4, 0.5) is 0 Å². The number of hydrogen-bond donors (Lipinski definition) is 1. The van der Waals surface area contributed by atoms with Gasteiger partial charge in [0.1, 0.15) is 0 Å². The van der Waals surface area contributed by atoms with Gasteiger partial charge in [-0.2, -0.15) is 0 Å². The summed E-state index contributed by atoms with van der Waals surface area (Å²) in [5.74, 6) is -1.17. The summed E-state index contributed by atoms with van der Waals surface area (Å²) in [5, 5.41) is 2.93. The van der Waals surface area contributed by atoms with E-state index in [0.29, 0.717) is 5.56 Å². The van der Waals surface area contributed by atoms with E-state index in [1.165, 1.54) is 17.7 Å². The maximum atomic E-state index is 12.2. The Bertz CT molecular complexity index is 984. The Labute approximate surface area is 164 Å². The molecule has 0 saturated heterocycles. The Hall–Kier alpha value is -2.67. The second kappa shape index (κ2) is 8.56. The largest absolute Gasteiger partial charge is 0.452 e. The highest BCUT2D eigenvalue weighted by molar-refractivity contribution is 7.89. The van der Waals surface area contributed by atoms with Gasteiger partial charge in [0.15, 0.2) is 16.4 Å². The molecule has 0 fully saturated rings. The molecule has 6 nitrogen and oxygen atoms in total. The van der Waals surface area contributed by atoms with Gasteiger partial charge in [-0.25, -0.2) is 13.2 Å². The van der Waals surface area contributed by atoms with Gasteiger partial charge in [-0.1, -0.05) is 36.4 Å². The highest BCUT2D eigenvalue weighted by atomic mass is 32.2. The normalized spacial score (nSPS) is 16.1. The molecule has 7 heteroatoms. The number of amides is 1. The summed E-state index contributed by atoms with van der Waals surface area (Å²) < 4.78 is 27.9. The zero-order valence-electron chi connectivity index (χ0n) is 15.7. The number of fused-ring (bicyclic) bond motifs is 1. The molecule has 0 spiro atoms. The van der Waals surface area contributed by atoms with Crippen molar-refractivity contribution in [3.8, 4) is 0 Å². The van der Waals surface area contributed by atoms with Crippen LogP contribution in [0.2, 0.25) is 0 Å². The number of esters is 1. The molecule has 0 radical (unpaired) electrons. The van der Waals surface area contributed by atoms with Crippen LogP contribution in [-0.2, 0) is 31.5 Å². The van der Waals surface area contributed by atoms with Crippen LogP contribution in [0, 0.1) is 0 Å². The van der Waals surface area contributed by atoms with Crippen LogP contribution < -0.4 is 5.32 Å². The first-order valence-electron chi connectivity index (χ1n) is 9.13. The molecule has 1 amide bonds. The van der Waals surface area contributed by atoms with Gasteiger partial charge in [-0.15, -0.1) is 0 Å². The van der Waals surface area contributed by atoms with Crippen LogP contribution >= 0.6 is 0 Å². The van der Waals surface area contributed by atoms with Gasteiger partial charge in [0.25, 0.3) is 5.91 Å². The number of carbonyl (C=O) groups excluding carboxylic acids is 2. The SMILES string of the molecule is CS(=O)(=O)Cc1cccc(C(=O)OCC(=O)N[C@H]2CCCc3ccccc32)c1. The summed E-state index contributed by atoms with van der Waals surface area (Å²) in [4.78, 5) is 24.4. The highest BCUT2D eigenvalue weighted by Crippen LogP contribution is 2.29. The number of carbonyl (C=O) groups is 2. The molecule has 2 aromatic carbocycles. The topological polar surface area (TPSA) is 89.5 Å². The van der Waals surface area contributed by atoms with Crippen molar-refractivity contribution in [1.29, 1.82) is 0 Å². The molecule has 0 bridgehead atoms. The molecule has 1 atom stereocenters. The predicted octanol–water partition coefficient (Wildman–Crippen LogP) is 2.58. The van der Waals surface area contributed by atoms with E-state index in [1.807, 2.05) is 18.2 Å². The Morgan fingerprint density at radius 3 is 2.71 bits per heavy atom. The van der Waals surface area contributed by atoms with Crippen molar-refractivity contribution in [3.05, 3.63) is 70.8 Å². The monoisotopic (exact) mass is 401 g/mol. The number of sulfone groups is 1. The molecule has 3 rings (SSSR count). The molecule has 148 valence electrons.